The van der Waals surface area contributed by atoms with Crippen LogP contribution in [-0.2, 0) is 4.84 Å². The Morgan fingerprint density at radius 1 is 1.00 bits per heavy atom. The van der Waals surface area contributed by atoms with E-state index in [0.717, 1.165) is 0 Å². The lowest BCUT2D eigenvalue weighted by molar-refractivity contribution is -0.0498. The molecule has 0 heterocycles. The number of alkyl halides is 2. The average Bonchev–Trinajstić information content (AvgIpc) is 2.53. The van der Waals surface area contributed by atoms with Gasteiger partial charge in [0.1, 0.15) is 5.75 Å². The lowest BCUT2D eigenvalue weighted by atomic mass is 10.2. The van der Waals surface area contributed by atoms with Crippen LogP contribution in [0.15, 0.2) is 59.8 Å². The van der Waals surface area contributed by atoms with Crippen LogP contribution in [0.3, 0.4) is 0 Å². The maximum Gasteiger partial charge on any atom is 0.387 e. The Balaban J connectivity index is 2.00. The average molecular weight is 306 g/mol. The molecule has 0 saturated carbocycles. The van der Waals surface area contributed by atoms with Gasteiger partial charge < -0.3 is 15.3 Å². The Bertz CT molecular complexity index is 658. The standard InChI is InChI=1S/C15H12F2N2O3/c16-15(17)21-12-8-6-11(7-9-12)14(20)22-19-13(18)10-4-2-1-3-5-10/h1-9,15H,(H2,18,19). The van der Waals surface area contributed by atoms with Crippen molar-refractivity contribution in [1.82, 2.24) is 0 Å². The molecule has 114 valence electrons. The molecule has 0 aromatic heterocycles. The molecule has 0 saturated heterocycles. The number of ether oxygens (including phenoxy) is 1. The van der Waals surface area contributed by atoms with Crippen LogP contribution in [0.2, 0.25) is 0 Å². The van der Waals surface area contributed by atoms with Gasteiger partial charge in [-0.15, -0.1) is 0 Å². The SMILES string of the molecule is N/C(=N\OC(=O)c1ccc(OC(F)F)cc1)c1ccccc1. The van der Waals surface area contributed by atoms with E-state index in [4.69, 9.17) is 10.6 Å². The van der Waals surface area contributed by atoms with Gasteiger partial charge >= 0.3 is 12.6 Å². The van der Waals surface area contributed by atoms with Gasteiger partial charge in [0.25, 0.3) is 0 Å². The molecule has 0 aliphatic carbocycles. The second-order valence-corrected chi connectivity index (χ2v) is 4.12. The van der Waals surface area contributed by atoms with Crippen LogP contribution in [0.5, 0.6) is 5.75 Å². The van der Waals surface area contributed by atoms with E-state index in [1.165, 1.54) is 24.3 Å². The highest BCUT2D eigenvalue weighted by Crippen LogP contribution is 2.15. The molecule has 0 aliphatic rings. The third kappa shape index (κ3) is 4.27. The van der Waals surface area contributed by atoms with Gasteiger partial charge in [0.2, 0.25) is 0 Å². The first-order chi connectivity index (χ1) is 10.6. The molecule has 0 aliphatic heterocycles. The lowest BCUT2D eigenvalue weighted by Gasteiger charge is -2.04. The minimum absolute atomic E-state index is 0.0478. The minimum atomic E-state index is -2.92. The molecule has 0 radical (unpaired) electrons. The Kier molecular flexibility index (Phi) is 5.02. The molecule has 22 heavy (non-hydrogen) atoms. The first kappa shape index (κ1) is 15.4. The van der Waals surface area contributed by atoms with Gasteiger partial charge in [0.05, 0.1) is 5.56 Å². The quantitative estimate of drug-likeness (QED) is 0.399. The topological polar surface area (TPSA) is 73.9 Å². The molecule has 7 heteroatoms. The van der Waals surface area contributed by atoms with Gasteiger partial charge in [-0.1, -0.05) is 35.5 Å². The fraction of sp³-hybridized carbons (Fsp3) is 0.0667. The van der Waals surface area contributed by atoms with Crippen LogP contribution >= 0.6 is 0 Å². The third-order valence-electron chi connectivity index (χ3n) is 2.61. The number of hydrogen-bond acceptors (Lipinski definition) is 4. The summed E-state index contributed by atoms with van der Waals surface area (Å²) in [6.45, 7) is -2.92. The predicted octanol–water partition coefficient (Wildman–Crippen LogP) is 2.77. The smallest absolute Gasteiger partial charge is 0.387 e. The van der Waals surface area contributed by atoms with E-state index in [1.807, 2.05) is 6.07 Å². The van der Waals surface area contributed by atoms with E-state index < -0.39 is 12.6 Å². The molecule has 0 bridgehead atoms. The minimum Gasteiger partial charge on any atom is -0.435 e. The van der Waals surface area contributed by atoms with E-state index in [9.17, 15) is 13.6 Å². The third-order valence-corrected chi connectivity index (χ3v) is 2.61. The molecule has 0 fully saturated rings. The summed E-state index contributed by atoms with van der Waals surface area (Å²) in [5.41, 5.74) is 6.41. The largest absolute Gasteiger partial charge is 0.435 e. The second kappa shape index (κ2) is 7.16. The number of oxime groups is 1. The van der Waals surface area contributed by atoms with Crippen molar-refractivity contribution in [1.29, 1.82) is 0 Å². The Hall–Kier alpha value is -2.96. The molecule has 5 nitrogen and oxygen atoms in total. The van der Waals surface area contributed by atoms with E-state index in [1.54, 1.807) is 24.3 Å². The fourth-order valence-corrected chi connectivity index (χ4v) is 1.58. The molecule has 2 rings (SSSR count). The molecule has 0 spiro atoms. The van der Waals surface area contributed by atoms with Crippen LogP contribution in [0, 0.1) is 0 Å². The van der Waals surface area contributed by atoms with Crippen molar-refractivity contribution in [3.05, 3.63) is 65.7 Å². The highest BCUT2D eigenvalue weighted by Gasteiger charge is 2.10. The zero-order chi connectivity index (χ0) is 15.9. The van der Waals surface area contributed by atoms with Crippen molar-refractivity contribution in [2.45, 2.75) is 6.61 Å². The van der Waals surface area contributed by atoms with Crippen LogP contribution in [0.4, 0.5) is 8.78 Å². The Morgan fingerprint density at radius 2 is 1.64 bits per heavy atom. The van der Waals surface area contributed by atoms with Crippen LogP contribution < -0.4 is 10.5 Å². The highest BCUT2D eigenvalue weighted by atomic mass is 19.3. The van der Waals surface area contributed by atoms with E-state index in [2.05, 4.69) is 9.89 Å². The van der Waals surface area contributed by atoms with Crippen molar-refractivity contribution in [2.75, 3.05) is 0 Å². The summed E-state index contributed by atoms with van der Waals surface area (Å²) < 4.78 is 28.2. The van der Waals surface area contributed by atoms with Crippen LogP contribution in [0.25, 0.3) is 0 Å². The number of nitrogens with two attached hydrogens (primary N) is 1. The molecule has 2 aromatic carbocycles. The summed E-state index contributed by atoms with van der Waals surface area (Å²) in [7, 11) is 0. The molecule has 0 atom stereocenters. The molecule has 2 N–H and O–H groups in total. The zero-order valence-corrected chi connectivity index (χ0v) is 11.3. The predicted molar refractivity (Wildman–Crippen MR) is 75.7 cm³/mol. The molecule has 2 aromatic rings. The van der Waals surface area contributed by atoms with Gasteiger partial charge in [-0.05, 0) is 24.3 Å². The number of rotatable bonds is 5. The maximum absolute atomic E-state index is 12.0. The number of nitrogens with zero attached hydrogens (tertiary/aromatic N) is 1. The van der Waals surface area contributed by atoms with Gasteiger partial charge in [-0.2, -0.15) is 8.78 Å². The van der Waals surface area contributed by atoms with Gasteiger partial charge in [0, 0.05) is 5.56 Å². The number of carbonyl (C=O) groups excluding carboxylic acids is 1. The molecule has 0 amide bonds. The van der Waals surface area contributed by atoms with E-state index in [-0.39, 0.29) is 17.1 Å². The summed E-state index contributed by atoms with van der Waals surface area (Å²) in [5.74, 6) is -0.770. The van der Waals surface area contributed by atoms with Crippen LogP contribution in [0.1, 0.15) is 15.9 Å². The van der Waals surface area contributed by atoms with Crippen molar-refractivity contribution >= 4 is 11.8 Å². The van der Waals surface area contributed by atoms with Gasteiger partial charge in [0.15, 0.2) is 5.84 Å². The van der Waals surface area contributed by atoms with Crippen molar-refractivity contribution in [3.8, 4) is 5.75 Å². The fourth-order valence-electron chi connectivity index (χ4n) is 1.58. The van der Waals surface area contributed by atoms with Crippen molar-refractivity contribution in [3.63, 3.8) is 0 Å². The number of carbonyl (C=O) groups is 1. The first-order valence-electron chi connectivity index (χ1n) is 6.21. The monoisotopic (exact) mass is 306 g/mol. The number of hydrogen-bond donors (Lipinski definition) is 1. The number of benzene rings is 2. The maximum atomic E-state index is 12.0. The van der Waals surface area contributed by atoms with Gasteiger partial charge in [-0.3, -0.25) is 0 Å². The lowest BCUT2D eigenvalue weighted by Crippen LogP contribution is -2.15. The molecular formula is C15H12F2N2O3. The summed E-state index contributed by atoms with van der Waals surface area (Å²) in [5, 5.41) is 3.54. The summed E-state index contributed by atoms with van der Waals surface area (Å²) >= 11 is 0. The molecule has 0 unspecified atom stereocenters. The summed E-state index contributed by atoms with van der Waals surface area (Å²) in [6.07, 6.45) is 0. The van der Waals surface area contributed by atoms with E-state index in [0.29, 0.717) is 5.56 Å². The Morgan fingerprint density at radius 3 is 2.23 bits per heavy atom. The number of amidine groups is 1. The summed E-state index contributed by atoms with van der Waals surface area (Å²) in [4.78, 5) is 16.4. The first-order valence-corrected chi connectivity index (χ1v) is 6.21. The Labute approximate surface area is 124 Å². The zero-order valence-electron chi connectivity index (χ0n) is 11.3. The van der Waals surface area contributed by atoms with E-state index >= 15 is 0 Å². The summed E-state index contributed by atoms with van der Waals surface area (Å²) in [6, 6.07) is 13.8. The number of halogens is 2. The molecular weight excluding hydrogens is 294 g/mol. The van der Waals surface area contributed by atoms with Crippen molar-refractivity contribution < 1.29 is 23.1 Å². The second-order valence-electron chi connectivity index (χ2n) is 4.12. The van der Waals surface area contributed by atoms with Gasteiger partial charge in [-0.25, -0.2) is 4.79 Å². The normalized spacial score (nSPS) is 11.3. The van der Waals surface area contributed by atoms with Crippen molar-refractivity contribution in [2.24, 2.45) is 10.9 Å². The van der Waals surface area contributed by atoms with Crippen LogP contribution in [-0.4, -0.2) is 18.4 Å². The highest BCUT2D eigenvalue weighted by molar-refractivity contribution is 5.98.